The Labute approximate surface area is 77.1 Å². The number of esters is 1. The van der Waals surface area contributed by atoms with Gasteiger partial charge >= 0.3 is 5.97 Å². The van der Waals surface area contributed by atoms with Crippen molar-refractivity contribution in [2.24, 2.45) is 0 Å². The summed E-state index contributed by atoms with van der Waals surface area (Å²) in [5.41, 5.74) is 5.01. The number of hydrogen-bond donors (Lipinski definition) is 2. The van der Waals surface area contributed by atoms with E-state index >= 15 is 0 Å². The van der Waals surface area contributed by atoms with E-state index in [1.165, 1.54) is 6.92 Å². The van der Waals surface area contributed by atoms with Crippen molar-refractivity contribution >= 4 is 11.9 Å². The van der Waals surface area contributed by atoms with Crippen molar-refractivity contribution in [1.29, 1.82) is 0 Å². The number of amides is 1. The molecule has 1 unspecified atom stereocenters. The normalized spacial score (nSPS) is 11.5. The van der Waals surface area contributed by atoms with Crippen molar-refractivity contribution in [3.8, 4) is 0 Å². The highest BCUT2D eigenvalue weighted by atomic mass is 16.5. The summed E-state index contributed by atoms with van der Waals surface area (Å²) < 4.78 is 4.49. The number of carbonyl (C=O) groups is 2. The molecule has 0 bridgehead atoms. The molecule has 0 saturated carbocycles. The van der Waals surface area contributed by atoms with Crippen LogP contribution in [0.2, 0.25) is 0 Å². The molecule has 0 saturated heterocycles. The van der Waals surface area contributed by atoms with Crippen molar-refractivity contribution in [3.05, 3.63) is 12.8 Å². The van der Waals surface area contributed by atoms with Gasteiger partial charge in [0, 0.05) is 13.0 Å². The van der Waals surface area contributed by atoms with Crippen LogP contribution in [-0.4, -0.2) is 17.9 Å². The van der Waals surface area contributed by atoms with Gasteiger partial charge in [-0.15, -0.1) is 0 Å². The van der Waals surface area contributed by atoms with Gasteiger partial charge in [-0.3, -0.25) is 15.0 Å². The molecule has 13 heavy (non-hydrogen) atoms. The number of hydrogen-bond acceptors (Lipinski definition) is 4. The Morgan fingerprint density at radius 1 is 1.62 bits per heavy atom. The average Bonchev–Trinajstić information content (AvgIpc) is 2.01. The average molecular weight is 186 g/mol. The van der Waals surface area contributed by atoms with Crippen molar-refractivity contribution < 1.29 is 14.3 Å². The lowest BCUT2D eigenvalue weighted by Gasteiger charge is -2.11. The molecule has 1 atom stereocenters. The standard InChI is InChI=1S/C8H14N2O3/c1-4-13-8(12)5-6(2)9-10-7(3)11/h4,6,9H,1,5H2,2-3H3,(H,10,11). The zero-order valence-corrected chi connectivity index (χ0v) is 7.79. The summed E-state index contributed by atoms with van der Waals surface area (Å²) in [5.74, 6) is -0.593. The summed E-state index contributed by atoms with van der Waals surface area (Å²) >= 11 is 0. The fourth-order valence-electron chi connectivity index (χ4n) is 0.667. The molecule has 1 amide bonds. The van der Waals surface area contributed by atoms with E-state index in [0.717, 1.165) is 6.26 Å². The fourth-order valence-corrected chi connectivity index (χ4v) is 0.667. The first kappa shape index (κ1) is 11.6. The van der Waals surface area contributed by atoms with Crippen molar-refractivity contribution in [1.82, 2.24) is 10.9 Å². The van der Waals surface area contributed by atoms with Crippen LogP contribution in [-0.2, 0) is 14.3 Å². The summed E-state index contributed by atoms with van der Waals surface area (Å²) in [6.45, 7) is 6.38. The first-order chi connectivity index (χ1) is 6.06. The van der Waals surface area contributed by atoms with Gasteiger partial charge in [0.25, 0.3) is 0 Å². The number of nitrogens with one attached hydrogen (secondary N) is 2. The second kappa shape index (κ2) is 6.19. The molecule has 5 heteroatoms. The maximum Gasteiger partial charge on any atom is 0.312 e. The lowest BCUT2D eigenvalue weighted by atomic mass is 10.2. The van der Waals surface area contributed by atoms with Gasteiger partial charge < -0.3 is 4.74 Å². The monoisotopic (exact) mass is 186 g/mol. The predicted molar refractivity (Wildman–Crippen MR) is 47.3 cm³/mol. The summed E-state index contributed by atoms with van der Waals surface area (Å²) in [6, 6.07) is -0.170. The Bertz CT molecular complexity index is 204. The molecule has 0 radical (unpaired) electrons. The molecular weight excluding hydrogens is 172 g/mol. The lowest BCUT2D eigenvalue weighted by molar-refractivity contribution is -0.138. The third-order valence-corrected chi connectivity index (χ3v) is 1.18. The molecule has 0 aromatic heterocycles. The van der Waals surface area contributed by atoms with Gasteiger partial charge in [-0.2, -0.15) is 0 Å². The van der Waals surface area contributed by atoms with Crippen LogP contribution in [0.4, 0.5) is 0 Å². The van der Waals surface area contributed by atoms with Crippen molar-refractivity contribution in [2.45, 2.75) is 26.3 Å². The van der Waals surface area contributed by atoms with Gasteiger partial charge in [0.05, 0.1) is 12.7 Å². The minimum absolute atomic E-state index is 0.170. The zero-order valence-electron chi connectivity index (χ0n) is 7.79. The Hall–Kier alpha value is -1.36. The van der Waals surface area contributed by atoms with Gasteiger partial charge in [0.15, 0.2) is 0 Å². The summed E-state index contributed by atoms with van der Waals surface area (Å²) in [7, 11) is 0. The minimum atomic E-state index is -0.389. The van der Waals surface area contributed by atoms with Crippen molar-refractivity contribution in [3.63, 3.8) is 0 Å². The van der Waals surface area contributed by atoms with Gasteiger partial charge in [-0.1, -0.05) is 6.58 Å². The third-order valence-electron chi connectivity index (χ3n) is 1.18. The number of ether oxygens (including phenoxy) is 1. The third kappa shape index (κ3) is 7.02. The molecule has 0 aliphatic rings. The van der Waals surface area contributed by atoms with E-state index in [-0.39, 0.29) is 24.3 Å². The quantitative estimate of drug-likeness (QED) is 0.363. The van der Waals surface area contributed by atoms with E-state index < -0.39 is 0 Å². The van der Waals surface area contributed by atoms with E-state index in [2.05, 4.69) is 22.2 Å². The van der Waals surface area contributed by atoms with Crippen molar-refractivity contribution in [2.75, 3.05) is 0 Å². The topological polar surface area (TPSA) is 67.4 Å². The van der Waals surface area contributed by atoms with E-state index in [9.17, 15) is 9.59 Å². The van der Waals surface area contributed by atoms with Crippen LogP contribution in [0.3, 0.4) is 0 Å². The highest BCUT2D eigenvalue weighted by Gasteiger charge is 2.08. The van der Waals surface area contributed by atoms with Crippen LogP contribution in [0.15, 0.2) is 12.8 Å². The van der Waals surface area contributed by atoms with E-state index in [1.807, 2.05) is 0 Å². The van der Waals surface area contributed by atoms with Crippen LogP contribution in [0.25, 0.3) is 0 Å². The second-order valence-electron chi connectivity index (χ2n) is 2.59. The molecule has 0 aliphatic heterocycles. The minimum Gasteiger partial charge on any atom is -0.435 e. The SMILES string of the molecule is C=COC(=O)CC(C)NNC(C)=O. The number of rotatable bonds is 5. The first-order valence-corrected chi connectivity index (χ1v) is 3.88. The Morgan fingerprint density at radius 2 is 2.23 bits per heavy atom. The Morgan fingerprint density at radius 3 is 2.69 bits per heavy atom. The summed E-state index contributed by atoms with van der Waals surface area (Å²) in [5, 5.41) is 0. The van der Waals surface area contributed by atoms with Crippen LogP contribution in [0, 0.1) is 0 Å². The summed E-state index contributed by atoms with van der Waals surface area (Å²) in [4.78, 5) is 21.3. The molecule has 0 aromatic rings. The van der Waals surface area contributed by atoms with Gasteiger partial charge in [-0.05, 0) is 6.92 Å². The van der Waals surface area contributed by atoms with E-state index in [1.54, 1.807) is 6.92 Å². The molecule has 0 fully saturated rings. The molecule has 0 aliphatic carbocycles. The molecular formula is C8H14N2O3. The molecule has 0 aromatic carbocycles. The van der Waals surface area contributed by atoms with Crippen LogP contribution in [0.1, 0.15) is 20.3 Å². The highest BCUT2D eigenvalue weighted by molar-refractivity contribution is 5.72. The maximum atomic E-state index is 10.9. The van der Waals surface area contributed by atoms with Crippen LogP contribution < -0.4 is 10.9 Å². The largest absolute Gasteiger partial charge is 0.435 e. The smallest absolute Gasteiger partial charge is 0.312 e. The predicted octanol–water partition coefficient (Wildman–Crippen LogP) is 0.0924. The molecule has 2 N–H and O–H groups in total. The molecule has 0 spiro atoms. The maximum absolute atomic E-state index is 10.9. The number of carbonyl (C=O) groups excluding carboxylic acids is 2. The highest BCUT2D eigenvalue weighted by Crippen LogP contribution is 1.92. The molecule has 5 nitrogen and oxygen atoms in total. The Kier molecular flexibility index (Phi) is 5.54. The van der Waals surface area contributed by atoms with Crippen LogP contribution in [0.5, 0.6) is 0 Å². The molecule has 74 valence electrons. The van der Waals surface area contributed by atoms with E-state index in [0.29, 0.717) is 0 Å². The zero-order chi connectivity index (χ0) is 10.3. The second-order valence-corrected chi connectivity index (χ2v) is 2.59. The van der Waals surface area contributed by atoms with Crippen LogP contribution >= 0.6 is 0 Å². The number of hydrazine groups is 1. The molecule has 0 rings (SSSR count). The lowest BCUT2D eigenvalue weighted by Crippen LogP contribution is -2.42. The van der Waals surface area contributed by atoms with Gasteiger partial charge in [-0.25, -0.2) is 5.43 Å². The first-order valence-electron chi connectivity index (χ1n) is 3.88. The fraction of sp³-hybridized carbons (Fsp3) is 0.500. The van der Waals surface area contributed by atoms with Gasteiger partial charge in [0.1, 0.15) is 0 Å². The van der Waals surface area contributed by atoms with E-state index in [4.69, 9.17) is 0 Å². The van der Waals surface area contributed by atoms with Gasteiger partial charge in [0.2, 0.25) is 5.91 Å². The molecule has 0 heterocycles. The Balaban J connectivity index is 3.60. The summed E-state index contributed by atoms with van der Waals surface area (Å²) in [6.07, 6.45) is 1.25.